The van der Waals surface area contributed by atoms with Crippen LogP contribution in [0.25, 0.3) is 11.4 Å². The highest BCUT2D eigenvalue weighted by Crippen LogP contribution is 2.38. The topological polar surface area (TPSA) is 94.7 Å². The maximum Gasteiger partial charge on any atom is 0.155 e. The van der Waals surface area contributed by atoms with Crippen LogP contribution in [0.3, 0.4) is 0 Å². The summed E-state index contributed by atoms with van der Waals surface area (Å²) in [6.07, 6.45) is 8.93. The van der Waals surface area contributed by atoms with Gasteiger partial charge < -0.3 is 24.4 Å². The van der Waals surface area contributed by atoms with Crippen molar-refractivity contribution in [2.45, 2.75) is 65.1 Å². The van der Waals surface area contributed by atoms with Crippen molar-refractivity contribution in [1.29, 1.82) is 5.41 Å². The molecule has 0 bridgehead atoms. The highest BCUT2D eigenvalue weighted by molar-refractivity contribution is 6.04. The Labute approximate surface area is 208 Å². The van der Waals surface area contributed by atoms with Crippen LogP contribution in [0.2, 0.25) is 0 Å². The number of pyridine rings is 1. The molecule has 35 heavy (non-hydrogen) atoms. The van der Waals surface area contributed by atoms with Gasteiger partial charge in [-0.1, -0.05) is 0 Å². The number of likely N-dealkylation sites (tertiary alicyclic amines) is 1. The van der Waals surface area contributed by atoms with Crippen molar-refractivity contribution in [2.75, 3.05) is 38.2 Å². The molecule has 3 aliphatic heterocycles. The van der Waals surface area contributed by atoms with Gasteiger partial charge in [0.15, 0.2) is 5.84 Å². The van der Waals surface area contributed by atoms with E-state index in [4.69, 9.17) is 20.1 Å². The van der Waals surface area contributed by atoms with Gasteiger partial charge in [0.2, 0.25) is 0 Å². The monoisotopic (exact) mass is 478 g/mol. The fraction of sp³-hybridized carbons (Fsp3) is 0.615. The Morgan fingerprint density at radius 2 is 2.00 bits per heavy atom. The molecule has 2 saturated heterocycles. The quantitative estimate of drug-likeness (QED) is 0.517. The zero-order valence-electron chi connectivity index (χ0n) is 21.4. The molecular weight excluding hydrogens is 440 g/mol. The Balaban J connectivity index is 1.44. The molecule has 2 N–H and O–H groups in total. The van der Waals surface area contributed by atoms with Gasteiger partial charge in [0.25, 0.3) is 0 Å². The maximum atomic E-state index is 7.84. The predicted octanol–water partition coefficient (Wildman–Crippen LogP) is 3.39. The zero-order chi connectivity index (χ0) is 24.5. The molecule has 0 aromatic carbocycles. The van der Waals surface area contributed by atoms with E-state index in [0.717, 1.165) is 41.1 Å². The zero-order valence-corrected chi connectivity index (χ0v) is 21.4. The van der Waals surface area contributed by atoms with Crippen LogP contribution in [0.4, 0.5) is 5.82 Å². The number of amidine groups is 2. The lowest BCUT2D eigenvalue weighted by Gasteiger charge is -2.37. The summed E-state index contributed by atoms with van der Waals surface area (Å²) in [7, 11) is 2.23. The number of anilines is 1. The number of piperidine rings is 1. The highest BCUT2D eigenvalue weighted by Gasteiger charge is 2.34. The Kier molecular flexibility index (Phi) is 6.77. The van der Waals surface area contributed by atoms with Gasteiger partial charge in [0.05, 0.1) is 12.1 Å². The maximum absolute atomic E-state index is 7.84. The molecule has 1 unspecified atom stereocenters. The third kappa shape index (κ3) is 5.05. The fourth-order valence-corrected chi connectivity index (χ4v) is 5.63. The number of nitrogens with zero attached hydrogens (tertiary/aromatic N) is 6. The molecule has 188 valence electrons. The van der Waals surface area contributed by atoms with Gasteiger partial charge in [-0.15, -0.1) is 0 Å². The molecule has 3 aliphatic rings. The Bertz CT molecular complexity index is 1100. The molecule has 1 atom stereocenters. The Hall–Kier alpha value is -2.94. The summed E-state index contributed by atoms with van der Waals surface area (Å²) < 4.78 is 8.31. The van der Waals surface area contributed by atoms with E-state index in [1.165, 1.54) is 38.8 Å². The van der Waals surface area contributed by atoms with Crippen LogP contribution in [0, 0.1) is 11.3 Å². The normalized spacial score (nSPS) is 21.5. The number of rotatable bonds is 4. The number of aliphatic imine (C=N–C) groups is 1. The summed E-state index contributed by atoms with van der Waals surface area (Å²) >= 11 is 0. The first-order valence-corrected chi connectivity index (χ1v) is 13.0. The highest BCUT2D eigenvalue weighted by atomic mass is 16.5. The van der Waals surface area contributed by atoms with Crippen LogP contribution < -0.4 is 15.0 Å². The molecule has 0 saturated carbocycles. The number of hydrogen-bond donors (Lipinski definition) is 2. The smallest absolute Gasteiger partial charge is 0.155 e. The lowest BCUT2D eigenvalue weighted by molar-refractivity contribution is 0.198. The molecule has 0 radical (unpaired) electrons. The minimum Gasteiger partial charge on any atom is -0.491 e. The number of aromatic nitrogens is 3. The first-order valence-electron chi connectivity index (χ1n) is 13.0. The van der Waals surface area contributed by atoms with Crippen molar-refractivity contribution in [1.82, 2.24) is 24.8 Å². The van der Waals surface area contributed by atoms with Gasteiger partial charge in [-0.25, -0.2) is 15.0 Å². The fourth-order valence-electron chi connectivity index (χ4n) is 5.63. The van der Waals surface area contributed by atoms with Crippen LogP contribution in [0.15, 0.2) is 23.5 Å². The van der Waals surface area contributed by atoms with Crippen molar-refractivity contribution in [3.8, 4) is 17.1 Å². The second kappa shape index (κ2) is 9.97. The van der Waals surface area contributed by atoms with Crippen LogP contribution in [0.1, 0.15) is 52.1 Å². The summed E-state index contributed by atoms with van der Waals surface area (Å²) in [5, 5.41) is 11.2. The molecule has 5 heterocycles. The van der Waals surface area contributed by atoms with Gasteiger partial charge in [0, 0.05) is 37.1 Å². The van der Waals surface area contributed by atoms with E-state index in [1.54, 1.807) is 6.92 Å². The van der Waals surface area contributed by atoms with Crippen LogP contribution >= 0.6 is 0 Å². The minimum absolute atomic E-state index is 0.187. The van der Waals surface area contributed by atoms with Crippen LogP contribution in [-0.4, -0.2) is 76.5 Å². The number of ether oxygens (including phenoxy) is 1. The van der Waals surface area contributed by atoms with Crippen molar-refractivity contribution in [3.05, 3.63) is 24.2 Å². The molecule has 9 heteroatoms. The standard InChI is InChI=1S/C26H38N8O/c1-17(2)29-25(30-18(3)27)21-16-33-12-13-35-23-14-24(28-15-20(23)26(33)31-21)34-9-5-6-22(34)19-7-10-32(4)11-8-19/h14-17,19,22H,5-13H2,1-4H3,(H2,27,29,30). The largest absolute Gasteiger partial charge is 0.491 e. The van der Waals surface area contributed by atoms with Crippen LogP contribution in [0.5, 0.6) is 5.75 Å². The van der Waals surface area contributed by atoms with E-state index >= 15 is 0 Å². The van der Waals surface area contributed by atoms with E-state index in [0.29, 0.717) is 25.0 Å². The summed E-state index contributed by atoms with van der Waals surface area (Å²) in [4.78, 5) is 19.2. The lowest BCUT2D eigenvalue weighted by Crippen LogP contribution is -2.42. The second-order valence-corrected chi connectivity index (χ2v) is 10.4. The van der Waals surface area contributed by atoms with Gasteiger partial charge >= 0.3 is 0 Å². The number of hydrogen-bond acceptors (Lipinski definition) is 6. The minimum atomic E-state index is 0.187. The van der Waals surface area contributed by atoms with Gasteiger partial charge in [0.1, 0.15) is 35.5 Å². The third-order valence-electron chi connectivity index (χ3n) is 7.31. The number of nitrogens with one attached hydrogen (secondary N) is 2. The summed E-state index contributed by atoms with van der Waals surface area (Å²) in [5.74, 6) is 4.31. The number of imidazole rings is 1. The SMILES string of the molecule is CC(=N)/N=C(\NC(C)C)c1cn2c(n1)-c1cnc(N3CCCC3C3CCN(C)CC3)cc1OCC2. The van der Waals surface area contributed by atoms with Crippen molar-refractivity contribution < 1.29 is 4.74 Å². The van der Waals surface area contributed by atoms with Gasteiger partial charge in [-0.2, -0.15) is 0 Å². The second-order valence-electron chi connectivity index (χ2n) is 10.4. The molecule has 0 spiro atoms. The molecule has 0 amide bonds. The first-order chi connectivity index (χ1) is 16.9. The predicted molar refractivity (Wildman–Crippen MR) is 140 cm³/mol. The summed E-state index contributed by atoms with van der Waals surface area (Å²) in [5.41, 5.74) is 1.64. The molecule has 2 aromatic rings. The van der Waals surface area contributed by atoms with Gasteiger partial charge in [-0.05, 0) is 72.5 Å². The Morgan fingerprint density at radius 3 is 2.74 bits per heavy atom. The Morgan fingerprint density at radius 1 is 1.20 bits per heavy atom. The van der Waals surface area contributed by atoms with E-state index in [-0.39, 0.29) is 11.9 Å². The van der Waals surface area contributed by atoms with Crippen molar-refractivity contribution in [3.63, 3.8) is 0 Å². The summed E-state index contributed by atoms with van der Waals surface area (Å²) in [6, 6.07) is 2.88. The van der Waals surface area contributed by atoms with E-state index in [2.05, 4.69) is 51.6 Å². The van der Waals surface area contributed by atoms with Crippen molar-refractivity contribution >= 4 is 17.5 Å². The molecule has 0 aliphatic carbocycles. The van der Waals surface area contributed by atoms with E-state index in [1.807, 2.05) is 12.4 Å². The summed E-state index contributed by atoms with van der Waals surface area (Å²) in [6.45, 7) is 10.5. The lowest BCUT2D eigenvalue weighted by atomic mass is 9.88. The average Bonchev–Trinajstić information content (AvgIpc) is 3.43. The van der Waals surface area contributed by atoms with E-state index < -0.39 is 0 Å². The van der Waals surface area contributed by atoms with Crippen molar-refractivity contribution in [2.24, 2.45) is 10.9 Å². The molecule has 2 fully saturated rings. The number of fused-ring (bicyclic) bond motifs is 3. The van der Waals surface area contributed by atoms with E-state index in [9.17, 15) is 0 Å². The molecular formula is C26H38N8O. The van der Waals surface area contributed by atoms with Crippen LogP contribution in [-0.2, 0) is 6.54 Å². The first kappa shape index (κ1) is 23.8. The van der Waals surface area contributed by atoms with Gasteiger partial charge in [-0.3, -0.25) is 5.41 Å². The average molecular weight is 479 g/mol. The molecule has 5 rings (SSSR count). The third-order valence-corrected chi connectivity index (χ3v) is 7.31. The molecule has 2 aromatic heterocycles. The molecule has 9 nitrogen and oxygen atoms in total.